The molecule has 21 heavy (non-hydrogen) atoms. The van der Waals surface area contributed by atoms with E-state index in [9.17, 15) is 18.0 Å². The number of carbonyl (C=O) groups is 1. The van der Waals surface area contributed by atoms with Crippen LogP contribution in [0.15, 0.2) is 40.6 Å². The van der Waals surface area contributed by atoms with Gasteiger partial charge in [-0.25, -0.2) is 14.8 Å². The van der Waals surface area contributed by atoms with Crippen molar-refractivity contribution >= 4 is 17.7 Å². The molecule has 1 aromatic heterocycles. The van der Waals surface area contributed by atoms with Crippen LogP contribution in [0.2, 0.25) is 0 Å². The van der Waals surface area contributed by atoms with Crippen LogP contribution in [0.3, 0.4) is 0 Å². The highest BCUT2D eigenvalue weighted by molar-refractivity contribution is 7.99. The van der Waals surface area contributed by atoms with Gasteiger partial charge in [-0.15, -0.1) is 0 Å². The van der Waals surface area contributed by atoms with Gasteiger partial charge in [-0.1, -0.05) is 0 Å². The number of carboxylic acids is 1. The third-order valence-corrected chi connectivity index (χ3v) is 3.47. The van der Waals surface area contributed by atoms with Crippen molar-refractivity contribution in [2.75, 3.05) is 0 Å². The Morgan fingerprint density at radius 3 is 2.38 bits per heavy atom. The molecule has 0 amide bonds. The molecule has 0 fully saturated rings. The van der Waals surface area contributed by atoms with Crippen molar-refractivity contribution < 1.29 is 23.1 Å². The average Bonchev–Trinajstić information content (AvgIpc) is 2.40. The minimum absolute atomic E-state index is 0.152. The van der Waals surface area contributed by atoms with Crippen LogP contribution in [0.25, 0.3) is 0 Å². The Morgan fingerprint density at radius 2 is 1.86 bits per heavy atom. The maximum atomic E-state index is 12.6. The summed E-state index contributed by atoms with van der Waals surface area (Å²) >= 11 is 0.900. The predicted octanol–water partition coefficient (Wildman–Crippen LogP) is 3.65. The standard InChI is InChI=1S/C13H9F3N2O2S/c1-7-5-17-12(18-6-7)21-10-3-2-8(13(14,15)16)4-9(10)11(19)20/h2-6H,1H3,(H,19,20). The van der Waals surface area contributed by atoms with E-state index < -0.39 is 23.3 Å². The quantitative estimate of drug-likeness (QED) is 0.876. The van der Waals surface area contributed by atoms with Crippen LogP contribution in [0.5, 0.6) is 0 Å². The molecule has 0 aliphatic rings. The van der Waals surface area contributed by atoms with E-state index in [4.69, 9.17) is 5.11 Å². The first-order valence-electron chi connectivity index (χ1n) is 5.68. The second-order valence-electron chi connectivity index (χ2n) is 4.16. The van der Waals surface area contributed by atoms with Crippen LogP contribution in [0, 0.1) is 6.92 Å². The summed E-state index contributed by atoms with van der Waals surface area (Å²) in [5, 5.41) is 9.32. The summed E-state index contributed by atoms with van der Waals surface area (Å²) < 4.78 is 37.8. The highest BCUT2D eigenvalue weighted by Crippen LogP contribution is 2.34. The molecular weight excluding hydrogens is 305 g/mol. The molecule has 0 unspecified atom stereocenters. The second-order valence-corrected chi connectivity index (χ2v) is 5.17. The lowest BCUT2D eigenvalue weighted by molar-refractivity contribution is -0.137. The van der Waals surface area contributed by atoms with Gasteiger partial charge >= 0.3 is 12.1 Å². The van der Waals surface area contributed by atoms with Crippen molar-refractivity contribution in [1.29, 1.82) is 0 Å². The molecule has 0 aliphatic carbocycles. The molecule has 8 heteroatoms. The van der Waals surface area contributed by atoms with Crippen molar-refractivity contribution in [3.63, 3.8) is 0 Å². The maximum Gasteiger partial charge on any atom is 0.416 e. The van der Waals surface area contributed by atoms with E-state index >= 15 is 0 Å². The third-order valence-electron chi connectivity index (χ3n) is 2.50. The molecule has 4 nitrogen and oxygen atoms in total. The van der Waals surface area contributed by atoms with Crippen LogP contribution >= 0.6 is 11.8 Å². The molecule has 0 radical (unpaired) electrons. The highest BCUT2D eigenvalue weighted by atomic mass is 32.2. The van der Waals surface area contributed by atoms with Crippen LogP contribution in [-0.2, 0) is 6.18 Å². The largest absolute Gasteiger partial charge is 0.478 e. The molecule has 2 rings (SSSR count). The van der Waals surface area contributed by atoms with Crippen LogP contribution in [0.4, 0.5) is 13.2 Å². The van der Waals surface area contributed by atoms with E-state index in [1.54, 1.807) is 19.3 Å². The number of benzene rings is 1. The van der Waals surface area contributed by atoms with E-state index in [2.05, 4.69) is 9.97 Å². The monoisotopic (exact) mass is 314 g/mol. The first kappa shape index (κ1) is 15.3. The van der Waals surface area contributed by atoms with Gasteiger partial charge in [-0.2, -0.15) is 13.2 Å². The van der Waals surface area contributed by atoms with Gasteiger partial charge in [-0.3, -0.25) is 0 Å². The molecule has 0 atom stereocenters. The SMILES string of the molecule is Cc1cnc(Sc2ccc(C(F)(F)F)cc2C(=O)O)nc1. The van der Waals surface area contributed by atoms with Crippen molar-refractivity contribution in [2.24, 2.45) is 0 Å². The number of hydrogen-bond acceptors (Lipinski definition) is 4. The predicted molar refractivity (Wildman–Crippen MR) is 69.3 cm³/mol. The molecule has 1 heterocycles. The number of hydrogen-bond donors (Lipinski definition) is 1. The summed E-state index contributed by atoms with van der Waals surface area (Å²) in [7, 11) is 0. The Balaban J connectivity index is 2.39. The lowest BCUT2D eigenvalue weighted by Crippen LogP contribution is -2.08. The molecule has 1 N–H and O–H groups in total. The number of halogens is 3. The Bertz CT molecular complexity index is 672. The molecule has 1 aromatic carbocycles. The molecule has 0 saturated heterocycles. The first-order chi connectivity index (χ1) is 9.77. The Labute approximate surface area is 122 Å². The topological polar surface area (TPSA) is 63.1 Å². The number of aryl methyl sites for hydroxylation is 1. The molecule has 0 aliphatic heterocycles. The summed E-state index contributed by atoms with van der Waals surface area (Å²) in [4.78, 5) is 19.2. The molecule has 2 aromatic rings. The number of aromatic carboxylic acids is 1. The van der Waals surface area contributed by atoms with Crippen molar-refractivity contribution in [2.45, 2.75) is 23.2 Å². The van der Waals surface area contributed by atoms with Gasteiger partial charge in [0.05, 0.1) is 11.1 Å². The Morgan fingerprint density at radius 1 is 1.24 bits per heavy atom. The minimum Gasteiger partial charge on any atom is -0.478 e. The number of nitrogens with zero attached hydrogens (tertiary/aromatic N) is 2. The van der Waals surface area contributed by atoms with E-state index in [0.717, 1.165) is 29.5 Å². The second kappa shape index (κ2) is 5.72. The fraction of sp³-hybridized carbons (Fsp3) is 0.154. The van der Waals surface area contributed by atoms with Gasteiger partial charge in [0.1, 0.15) is 0 Å². The zero-order chi connectivity index (χ0) is 15.6. The van der Waals surface area contributed by atoms with Gasteiger partial charge in [-0.05, 0) is 42.4 Å². The van der Waals surface area contributed by atoms with Crippen molar-refractivity contribution in [3.05, 3.63) is 47.3 Å². The normalized spacial score (nSPS) is 11.4. The fourth-order valence-electron chi connectivity index (χ4n) is 1.49. The van der Waals surface area contributed by atoms with Gasteiger partial charge in [0.25, 0.3) is 0 Å². The third kappa shape index (κ3) is 3.72. The first-order valence-corrected chi connectivity index (χ1v) is 6.50. The lowest BCUT2D eigenvalue weighted by Gasteiger charge is -2.10. The maximum absolute atomic E-state index is 12.6. The zero-order valence-electron chi connectivity index (χ0n) is 10.7. The number of alkyl halides is 3. The van der Waals surface area contributed by atoms with E-state index in [-0.39, 0.29) is 10.1 Å². The summed E-state index contributed by atoms with van der Waals surface area (Å²) in [5.41, 5.74) is -0.613. The van der Waals surface area contributed by atoms with E-state index in [1.165, 1.54) is 0 Å². The summed E-state index contributed by atoms with van der Waals surface area (Å²) in [6.45, 7) is 1.79. The zero-order valence-corrected chi connectivity index (χ0v) is 11.5. The average molecular weight is 314 g/mol. The van der Waals surface area contributed by atoms with Crippen LogP contribution in [-0.4, -0.2) is 21.0 Å². The van der Waals surface area contributed by atoms with Crippen LogP contribution in [0.1, 0.15) is 21.5 Å². The fourth-order valence-corrected chi connectivity index (χ4v) is 2.29. The molecule has 110 valence electrons. The smallest absolute Gasteiger partial charge is 0.416 e. The number of carboxylic acid groups (broad SMARTS) is 1. The van der Waals surface area contributed by atoms with Crippen molar-refractivity contribution in [1.82, 2.24) is 9.97 Å². The Hall–Kier alpha value is -2.09. The van der Waals surface area contributed by atoms with E-state index in [0.29, 0.717) is 6.07 Å². The molecule has 0 spiro atoms. The van der Waals surface area contributed by atoms with Crippen molar-refractivity contribution in [3.8, 4) is 0 Å². The highest BCUT2D eigenvalue weighted by Gasteiger charge is 2.32. The Kier molecular flexibility index (Phi) is 4.17. The number of aromatic nitrogens is 2. The van der Waals surface area contributed by atoms with Gasteiger partial charge < -0.3 is 5.11 Å². The van der Waals surface area contributed by atoms with Gasteiger partial charge in [0.2, 0.25) is 0 Å². The minimum atomic E-state index is -4.59. The molecular formula is C13H9F3N2O2S. The van der Waals surface area contributed by atoms with E-state index in [1.807, 2.05) is 0 Å². The summed E-state index contributed by atoms with van der Waals surface area (Å²) in [6, 6.07) is 2.56. The van der Waals surface area contributed by atoms with Gasteiger partial charge in [0, 0.05) is 17.3 Å². The molecule has 0 saturated carbocycles. The summed E-state index contributed by atoms with van der Waals surface area (Å²) in [6.07, 6.45) is -1.51. The van der Waals surface area contributed by atoms with Crippen LogP contribution < -0.4 is 0 Å². The number of rotatable bonds is 3. The molecule has 0 bridgehead atoms. The lowest BCUT2D eigenvalue weighted by atomic mass is 10.1. The van der Waals surface area contributed by atoms with Gasteiger partial charge in [0.15, 0.2) is 5.16 Å². The summed E-state index contributed by atoms with van der Waals surface area (Å²) in [5.74, 6) is -1.43.